The molecule has 1 N–H and O–H groups in total. The zero-order valence-electron chi connectivity index (χ0n) is 13.8. The van der Waals surface area contributed by atoms with Crippen molar-refractivity contribution in [1.82, 2.24) is 9.97 Å². The molecular formula is C19H15F3N2O2. The molecule has 0 aliphatic heterocycles. The average molecular weight is 360 g/mol. The van der Waals surface area contributed by atoms with Crippen LogP contribution in [0.4, 0.5) is 13.2 Å². The molecule has 26 heavy (non-hydrogen) atoms. The molecule has 0 aliphatic carbocycles. The van der Waals surface area contributed by atoms with E-state index in [1.54, 1.807) is 37.5 Å². The number of esters is 1. The molecule has 3 aromatic rings. The summed E-state index contributed by atoms with van der Waals surface area (Å²) in [6.45, 7) is 1.65. The van der Waals surface area contributed by atoms with E-state index in [0.717, 1.165) is 17.6 Å². The minimum Gasteiger partial charge on any atom is -0.458 e. The molecule has 0 unspecified atom stereocenters. The van der Waals surface area contributed by atoms with Crippen molar-refractivity contribution in [3.63, 3.8) is 0 Å². The van der Waals surface area contributed by atoms with Crippen LogP contribution in [-0.2, 0) is 10.9 Å². The van der Waals surface area contributed by atoms with Gasteiger partial charge in [0.15, 0.2) is 0 Å². The number of pyridine rings is 1. The third-order valence-corrected chi connectivity index (χ3v) is 3.75. The second-order valence-corrected chi connectivity index (χ2v) is 5.82. The van der Waals surface area contributed by atoms with E-state index in [4.69, 9.17) is 4.74 Å². The molecule has 7 heteroatoms. The van der Waals surface area contributed by atoms with Crippen LogP contribution in [-0.4, -0.2) is 22.5 Å². The van der Waals surface area contributed by atoms with Gasteiger partial charge < -0.3 is 9.72 Å². The molecule has 0 bridgehead atoms. The van der Waals surface area contributed by atoms with E-state index in [9.17, 15) is 18.0 Å². The first-order chi connectivity index (χ1) is 12.3. The molecule has 2 heterocycles. The molecule has 0 saturated carbocycles. The summed E-state index contributed by atoms with van der Waals surface area (Å²) in [5.74, 6) is -0.542. The lowest BCUT2D eigenvalue weighted by atomic mass is 10.1. The molecule has 0 saturated heterocycles. The minimum atomic E-state index is -4.40. The van der Waals surface area contributed by atoms with Crippen molar-refractivity contribution in [2.45, 2.75) is 13.1 Å². The van der Waals surface area contributed by atoms with Gasteiger partial charge in [-0.1, -0.05) is 18.2 Å². The van der Waals surface area contributed by atoms with Crippen LogP contribution < -0.4 is 0 Å². The van der Waals surface area contributed by atoms with Gasteiger partial charge in [0.25, 0.3) is 0 Å². The zero-order valence-corrected chi connectivity index (χ0v) is 13.8. The van der Waals surface area contributed by atoms with Gasteiger partial charge in [-0.3, -0.25) is 4.98 Å². The second-order valence-electron chi connectivity index (χ2n) is 5.82. The van der Waals surface area contributed by atoms with Gasteiger partial charge in [0.05, 0.1) is 22.8 Å². The highest BCUT2D eigenvalue weighted by atomic mass is 19.4. The number of benzene rings is 1. The maximum Gasteiger partial charge on any atom is 0.416 e. The Kier molecular flexibility index (Phi) is 4.79. The summed E-state index contributed by atoms with van der Waals surface area (Å²) < 4.78 is 43.5. The van der Waals surface area contributed by atoms with E-state index in [0.29, 0.717) is 22.1 Å². The largest absolute Gasteiger partial charge is 0.458 e. The molecular weight excluding hydrogens is 345 g/mol. The Morgan fingerprint density at radius 1 is 1.27 bits per heavy atom. The van der Waals surface area contributed by atoms with Gasteiger partial charge in [-0.05, 0) is 36.3 Å². The molecule has 1 aromatic carbocycles. The number of hydrogen-bond donors (Lipinski definition) is 1. The fourth-order valence-corrected chi connectivity index (χ4v) is 2.53. The summed E-state index contributed by atoms with van der Waals surface area (Å²) in [6.07, 6.45) is 1.88. The number of rotatable bonds is 4. The summed E-state index contributed by atoms with van der Waals surface area (Å²) >= 11 is 0. The smallest absolute Gasteiger partial charge is 0.416 e. The molecule has 3 rings (SSSR count). The number of aromatic nitrogens is 2. The van der Waals surface area contributed by atoms with Crippen molar-refractivity contribution in [3.8, 4) is 0 Å². The molecule has 4 nitrogen and oxygen atoms in total. The summed E-state index contributed by atoms with van der Waals surface area (Å²) in [7, 11) is 0. The molecule has 134 valence electrons. The maximum atomic E-state index is 12.7. The normalized spacial score (nSPS) is 12.4. The SMILES string of the molecule is C/C(=C\c1cccc(C(F)(F)F)c1)COC(=O)c1cncc2[nH]ccc12. The van der Waals surface area contributed by atoms with Crippen LogP contribution in [0.3, 0.4) is 0 Å². The predicted molar refractivity (Wildman–Crippen MR) is 91.5 cm³/mol. The van der Waals surface area contributed by atoms with E-state index in [-0.39, 0.29) is 6.61 Å². The third-order valence-electron chi connectivity index (χ3n) is 3.75. The number of ether oxygens (including phenoxy) is 1. The van der Waals surface area contributed by atoms with Crippen LogP contribution in [0.5, 0.6) is 0 Å². The lowest BCUT2D eigenvalue weighted by Gasteiger charge is -2.08. The van der Waals surface area contributed by atoms with Gasteiger partial charge in [-0.2, -0.15) is 13.2 Å². The topological polar surface area (TPSA) is 55.0 Å². The van der Waals surface area contributed by atoms with Gasteiger partial charge in [0.2, 0.25) is 0 Å². The number of halogens is 3. The van der Waals surface area contributed by atoms with Crippen molar-refractivity contribution in [3.05, 3.63) is 71.2 Å². The summed E-state index contributed by atoms with van der Waals surface area (Å²) in [4.78, 5) is 19.2. The Hall–Kier alpha value is -3.09. The summed E-state index contributed by atoms with van der Waals surface area (Å²) in [5.41, 5.74) is 1.34. The van der Waals surface area contributed by atoms with Crippen molar-refractivity contribution in [2.24, 2.45) is 0 Å². The molecule has 0 radical (unpaired) electrons. The monoisotopic (exact) mass is 360 g/mol. The van der Waals surface area contributed by atoms with E-state index in [1.807, 2.05) is 0 Å². The molecule has 2 aromatic heterocycles. The predicted octanol–water partition coefficient (Wildman–Crippen LogP) is 4.84. The molecule has 0 amide bonds. The number of carbonyl (C=O) groups is 1. The number of H-pyrrole nitrogens is 1. The lowest BCUT2D eigenvalue weighted by molar-refractivity contribution is -0.137. The lowest BCUT2D eigenvalue weighted by Crippen LogP contribution is -2.08. The summed E-state index contributed by atoms with van der Waals surface area (Å²) in [6, 6.07) is 6.71. The fraction of sp³-hybridized carbons (Fsp3) is 0.158. The number of nitrogens with one attached hydrogen (secondary N) is 1. The highest BCUT2D eigenvalue weighted by Gasteiger charge is 2.30. The number of alkyl halides is 3. The first-order valence-corrected chi connectivity index (χ1v) is 7.77. The number of aromatic amines is 1. The van der Waals surface area contributed by atoms with E-state index in [2.05, 4.69) is 9.97 Å². The average Bonchev–Trinajstić information content (AvgIpc) is 3.08. The molecule has 0 spiro atoms. The van der Waals surface area contributed by atoms with Crippen LogP contribution in [0.2, 0.25) is 0 Å². The first kappa shape index (κ1) is 17.7. The zero-order chi connectivity index (χ0) is 18.7. The van der Waals surface area contributed by atoms with Gasteiger partial charge >= 0.3 is 12.1 Å². The van der Waals surface area contributed by atoms with Gasteiger partial charge in [0, 0.05) is 17.8 Å². The minimum absolute atomic E-state index is 0.0319. The summed E-state index contributed by atoms with van der Waals surface area (Å²) in [5, 5.41) is 0.699. The number of carbonyl (C=O) groups excluding carboxylic acids is 1. The first-order valence-electron chi connectivity index (χ1n) is 7.77. The van der Waals surface area contributed by atoms with Crippen LogP contribution in [0, 0.1) is 0 Å². The van der Waals surface area contributed by atoms with Gasteiger partial charge in [-0.25, -0.2) is 4.79 Å². The maximum absolute atomic E-state index is 12.7. The highest BCUT2D eigenvalue weighted by Crippen LogP contribution is 2.30. The third kappa shape index (κ3) is 3.93. The van der Waals surface area contributed by atoms with Crippen molar-refractivity contribution < 1.29 is 22.7 Å². The van der Waals surface area contributed by atoms with E-state index in [1.165, 1.54) is 12.3 Å². The van der Waals surface area contributed by atoms with Crippen LogP contribution in [0.1, 0.15) is 28.4 Å². The second kappa shape index (κ2) is 7.03. The van der Waals surface area contributed by atoms with Gasteiger partial charge in [-0.15, -0.1) is 0 Å². The van der Waals surface area contributed by atoms with Crippen LogP contribution >= 0.6 is 0 Å². The Labute approximate surface area is 147 Å². The number of nitrogens with zero attached hydrogens (tertiary/aromatic N) is 1. The fourth-order valence-electron chi connectivity index (χ4n) is 2.53. The molecule has 0 fully saturated rings. The van der Waals surface area contributed by atoms with E-state index < -0.39 is 17.7 Å². The van der Waals surface area contributed by atoms with E-state index >= 15 is 0 Å². The van der Waals surface area contributed by atoms with Crippen molar-refractivity contribution in [2.75, 3.05) is 6.61 Å². The number of fused-ring (bicyclic) bond motifs is 1. The Balaban J connectivity index is 1.70. The molecule has 0 atom stereocenters. The molecule has 0 aliphatic rings. The van der Waals surface area contributed by atoms with Crippen LogP contribution in [0.25, 0.3) is 17.0 Å². The number of hydrogen-bond acceptors (Lipinski definition) is 3. The Bertz CT molecular complexity index is 974. The standard InChI is InChI=1S/C19H15F3N2O2/c1-12(7-13-3-2-4-14(8-13)19(20,21)22)11-26-18(25)16-9-23-10-17-15(16)5-6-24-17/h2-10,24H,11H2,1H3/b12-7+. The Morgan fingerprint density at radius 2 is 2.08 bits per heavy atom. The van der Waals surface area contributed by atoms with Crippen molar-refractivity contribution in [1.29, 1.82) is 0 Å². The van der Waals surface area contributed by atoms with Gasteiger partial charge in [0.1, 0.15) is 6.61 Å². The van der Waals surface area contributed by atoms with Crippen LogP contribution in [0.15, 0.2) is 54.5 Å². The Morgan fingerprint density at radius 3 is 2.85 bits per heavy atom. The quantitative estimate of drug-likeness (QED) is 0.677. The van der Waals surface area contributed by atoms with Crippen molar-refractivity contribution >= 4 is 22.9 Å². The highest BCUT2D eigenvalue weighted by molar-refractivity contribution is 6.03.